The molecule has 1 aliphatic heterocycles. The van der Waals surface area contributed by atoms with Crippen LogP contribution in [0.15, 0.2) is 35.7 Å². The monoisotopic (exact) mass is 827 g/mol. The molecule has 0 aliphatic carbocycles. The highest BCUT2D eigenvalue weighted by molar-refractivity contribution is 7.13. The van der Waals surface area contributed by atoms with Crippen LogP contribution in [-0.2, 0) is 35.2 Å². The summed E-state index contributed by atoms with van der Waals surface area (Å²) in [4.78, 5) is 87.5. The minimum Gasteiger partial charge on any atom is -0.480 e. The van der Waals surface area contributed by atoms with Crippen LogP contribution in [0, 0.1) is 11.8 Å². The van der Waals surface area contributed by atoms with Gasteiger partial charge in [0.1, 0.15) is 35.2 Å². The second-order valence-electron chi connectivity index (χ2n) is 15.6. The molecule has 0 bridgehead atoms. The highest BCUT2D eigenvalue weighted by Gasteiger charge is 2.40. The number of nitrogens with one attached hydrogen (secondary N) is 4. The van der Waals surface area contributed by atoms with Gasteiger partial charge in [-0.25, -0.2) is 9.78 Å². The van der Waals surface area contributed by atoms with Crippen LogP contribution in [0.1, 0.15) is 97.6 Å². The zero-order chi connectivity index (χ0) is 42.8. The van der Waals surface area contributed by atoms with E-state index in [0.29, 0.717) is 70.2 Å². The number of hydrogen-bond donors (Lipinski definition) is 8. The molecule has 0 unspecified atom stereocenters. The van der Waals surface area contributed by atoms with Crippen LogP contribution in [0.2, 0.25) is 0 Å². The molecule has 16 nitrogen and oxygen atoms in total. The largest absolute Gasteiger partial charge is 0.480 e. The number of hydrogen-bond acceptors (Lipinski definition) is 11. The Morgan fingerprint density at radius 3 is 2.14 bits per heavy atom. The molecule has 2 heterocycles. The van der Waals surface area contributed by atoms with E-state index in [-0.39, 0.29) is 31.2 Å². The maximum Gasteiger partial charge on any atom is 0.326 e. The molecular weight excluding hydrogens is 763 g/mol. The van der Waals surface area contributed by atoms with Gasteiger partial charge in [-0.3, -0.25) is 24.0 Å². The number of rotatable bonds is 25. The summed E-state index contributed by atoms with van der Waals surface area (Å²) >= 11 is 1.38. The van der Waals surface area contributed by atoms with Crippen molar-refractivity contribution < 1.29 is 33.9 Å². The first kappa shape index (κ1) is 47.9. The third kappa shape index (κ3) is 14.7. The molecule has 11 N–H and O–H groups in total. The van der Waals surface area contributed by atoms with Gasteiger partial charge in [-0.15, -0.1) is 11.3 Å². The fourth-order valence-corrected chi connectivity index (χ4v) is 7.72. The fourth-order valence-electron chi connectivity index (χ4n) is 6.88. The smallest absolute Gasteiger partial charge is 0.326 e. The van der Waals surface area contributed by atoms with Crippen molar-refractivity contribution in [2.75, 3.05) is 19.6 Å². The summed E-state index contributed by atoms with van der Waals surface area (Å²) in [6.07, 6.45) is 4.81. The molecule has 17 heteroatoms. The van der Waals surface area contributed by atoms with Crippen molar-refractivity contribution in [1.29, 1.82) is 0 Å². The minimum atomic E-state index is -1.22. The number of nitrogens with two attached hydrogens (primary N) is 3. The Kier molecular flexibility index (Phi) is 20.2. The lowest BCUT2D eigenvalue weighted by Gasteiger charge is -2.31. The second-order valence-corrected chi connectivity index (χ2v) is 16.5. The summed E-state index contributed by atoms with van der Waals surface area (Å²) in [5, 5.41) is 23.4. The van der Waals surface area contributed by atoms with E-state index in [2.05, 4.69) is 21.3 Å². The van der Waals surface area contributed by atoms with E-state index < -0.39 is 71.8 Å². The highest BCUT2D eigenvalue weighted by Crippen LogP contribution is 2.25. The number of carboxylic acids is 1. The molecule has 1 aromatic carbocycles. The first-order valence-electron chi connectivity index (χ1n) is 20.6. The lowest BCUT2D eigenvalue weighted by atomic mass is 9.96. The molecule has 1 fully saturated rings. The average Bonchev–Trinajstić information content (AvgIpc) is 3.89. The quantitative estimate of drug-likeness (QED) is 0.0672. The van der Waals surface area contributed by atoms with Crippen molar-refractivity contribution in [3.8, 4) is 10.6 Å². The third-order valence-corrected chi connectivity index (χ3v) is 11.4. The van der Waals surface area contributed by atoms with Crippen molar-refractivity contribution in [2.24, 2.45) is 29.0 Å². The van der Waals surface area contributed by atoms with Crippen LogP contribution >= 0.6 is 11.3 Å². The standard InChI is InChI=1S/C41H65N9O7S/c1-5-26(4)34(38(54)48-32(41(56)57)22-25(2)3)49-36(52)31(23-28-24-58-39(45-28)27-14-7-6-8-15-27)47-37(53)33-18-13-21-50(33)40(55)30(17-10-12-20-43)46-35(51)29(44)16-9-11-19-42/h6-8,14-15,24-26,29-34H,5,9-13,16-23,42-44H2,1-4H3,(H,46,51)(H,47,53)(H,48,54)(H,49,52)(H,56,57)/t26-,29-,30-,31-,32-,33-,34-/m0/s1. The Morgan fingerprint density at radius 1 is 0.862 bits per heavy atom. The Morgan fingerprint density at radius 2 is 1.52 bits per heavy atom. The first-order chi connectivity index (χ1) is 27.7. The van der Waals surface area contributed by atoms with Gasteiger partial charge in [-0.1, -0.05) is 70.9 Å². The molecule has 58 heavy (non-hydrogen) atoms. The summed E-state index contributed by atoms with van der Waals surface area (Å²) in [5.74, 6) is -4.34. The zero-order valence-electron chi connectivity index (χ0n) is 34.4. The van der Waals surface area contributed by atoms with Crippen molar-refractivity contribution in [3.63, 3.8) is 0 Å². The summed E-state index contributed by atoms with van der Waals surface area (Å²) in [6.45, 7) is 8.49. The zero-order valence-corrected chi connectivity index (χ0v) is 35.2. The van der Waals surface area contributed by atoms with E-state index in [1.54, 1.807) is 12.3 Å². The van der Waals surface area contributed by atoms with Crippen LogP contribution in [0.3, 0.4) is 0 Å². The number of benzene rings is 1. The highest BCUT2D eigenvalue weighted by atomic mass is 32.1. The molecule has 1 aliphatic rings. The van der Waals surface area contributed by atoms with Gasteiger partial charge in [-0.2, -0.15) is 0 Å². The number of aliphatic carboxylic acids is 1. The molecule has 1 aromatic heterocycles. The fraction of sp³-hybridized carbons (Fsp3) is 0.634. The summed E-state index contributed by atoms with van der Waals surface area (Å²) in [7, 11) is 0. The molecule has 0 spiro atoms. The molecule has 1 saturated heterocycles. The number of carboxylic acid groups (broad SMARTS) is 1. The van der Waals surface area contributed by atoms with Gasteiger partial charge in [0.15, 0.2) is 0 Å². The Hall–Kier alpha value is -4.45. The number of carbonyl (C=O) groups is 6. The van der Waals surface area contributed by atoms with Gasteiger partial charge in [0.2, 0.25) is 29.5 Å². The Balaban J connectivity index is 1.89. The molecule has 0 radical (unpaired) electrons. The minimum absolute atomic E-state index is 0.0138. The average molecular weight is 828 g/mol. The molecule has 5 amide bonds. The number of amides is 5. The maximum absolute atomic E-state index is 14.3. The van der Waals surface area contributed by atoms with Gasteiger partial charge >= 0.3 is 5.97 Å². The van der Waals surface area contributed by atoms with Gasteiger partial charge in [0.05, 0.1) is 11.7 Å². The third-order valence-electron chi connectivity index (χ3n) is 10.4. The van der Waals surface area contributed by atoms with E-state index in [9.17, 15) is 33.9 Å². The molecule has 2 aromatic rings. The van der Waals surface area contributed by atoms with Crippen LogP contribution < -0.4 is 38.5 Å². The summed E-state index contributed by atoms with van der Waals surface area (Å²) in [6, 6.07) is 3.34. The van der Waals surface area contributed by atoms with E-state index in [1.807, 2.05) is 51.1 Å². The van der Waals surface area contributed by atoms with Gasteiger partial charge < -0.3 is 48.5 Å². The lowest BCUT2D eigenvalue weighted by Crippen LogP contribution is -2.60. The van der Waals surface area contributed by atoms with Gasteiger partial charge in [-0.05, 0) is 76.3 Å². The number of nitrogens with zero attached hydrogens (tertiary/aromatic N) is 2. The van der Waals surface area contributed by atoms with Gasteiger partial charge in [0.25, 0.3) is 0 Å². The van der Waals surface area contributed by atoms with Crippen molar-refractivity contribution >= 4 is 46.8 Å². The number of thiazole rings is 1. The second kappa shape index (κ2) is 24.5. The first-order valence-corrected chi connectivity index (χ1v) is 21.5. The molecule has 3 rings (SSSR count). The number of likely N-dealkylation sites (tertiary alicyclic amines) is 1. The molecule has 7 atom stereocenters. The molecule has 0 saturated carbocycles. The van der Waals surface area contributed by atoms with Crippen molar-refractivity contribution in [1.82, 2.24) is 31.2 Å². The van der Waals surface area contributed by atoms with E-state index in [0.717, 1.165) is 17.0 Å². The van der Waals surface area contributed by atoms with Crippen LogP contribution in [0.25, 0.3) is 10.6 Å². The van der Waals surface area contributed by atoms with Crippen LogP contribution in [-0.4, -0.2) is 106 Å². The van der Waals surface area contributed by atoms with Crippen molar-refractivity contribution in [3.05, 3.63) is 41.4 Å². The molecular formula is C41H65N9O7S. The van der Waals surface area contributed by atoms with Crippen LogP contribution in [0.4, 0.5) is 0 Å². The predicted molar refractivity (Wildman–Crippen MR) is 224 cm³/mol. The lowest BCUT2D eigenvalue weighted by molar-refractivity contribution is -0.143. The van der Waals surface area contributed by atoms with Crippen LogP contribution in [0.5, 0.6) is 0 Å². The van der Waals surface area contributed by atoms with Gasteiger partial charge in [0, 0.05) is 23.9 Å². The topological polar surface area (TPSA) is 265 Å². The Bertz CT molecular complexity index is 1640. The summed E-state index contributed by atoms with van der Waals surface area (Å²) in [5.41, 5.74) is 18.9. The van der Waals surface area contributed by atoms with E-state index in [1.165, 1.54) is 16.2 Å². The predicted octanol–water partition coefficient (Wildman–Crippen LogP) is 2.04. The SMILES string of the molecule is CC[C@H](C)[C@H](NC(=O)[C@H](Cc1csc(-c2ccccc2)n1)NC(=O)[C@@H]1CCCN1C(=O)[C@H](CCCCN)NC(=O)[C@@H](N)CCCCN)C(=O)N[C@@H](CC(C)C)C(=O)O. The summed E-state index contributed by atoms with van der Waals surface area (Å²) < 4.78 is 0. The number of carbonyl (C=O) groups excluding carboxylic acids is 5. The van der Waals surface area contributed by atoms with E-state index >= 15 is 0 Å². The van der Waals surface area contributed by atoms with E-state index in [4.69, 9.17) is 22.2 Å². The maximum atomic E-state index is 14.3. The molecule has 322 valence electrons. The number of unbranched alkanes of at least 4 members (excludes halogenated alkanes) is 2. The number of aromatic nitrogens is 1. The normalized spacial score (nSPS) is 17.1. The Labute approximate surface area is 346 Å². The van der Waals surface area contributed by atoms with Crippen molar-refractivity contribution in [2.45, 2.75) is 135 Å².